The van der Waals surface area contributed by atoms with Crippen LogP contribution in [0.4, 0.5) is 0 Å². The molecule has 0 aliphatic heterocycles. The van der Waals surface area contributed by atoms with Crippen molar-refractivity contribution in [2.45, 2.75) is 26.4 Å². The molecule has 0 saturated heterocycles. The zero-order valence-electron chi connectivity index (χ0n) is 14.5. The molecule has 0 radical (unpaired) electrons. The Balaban J connectivity index is 1.58. The largest absolute Gasteiger partial charge is 0.348 e. The number of amides is 1. The van der Waals surface area contributed by atoms with Crippen LogP contribution in [0.15, 0.2) is 53.6 Å². The van der Waals surface area contributed by atoms with Crippen LogP contribution in [0.1, 0.15) is 23.4 Å². The highest BCUT2D eigenvalue weighted by Crippen LogP contribution is 2.26. The van der Waals surface area contributed by atoms with Crippen molar-refractivity contribution in [1.29, 1.82) is 0 Å². The summed E-state index contributed by atoms with van der Waals surface area (Å²) in [5.41, 5.74) is 2.25. The van der Waals surface area contributed by atoms with Crippen LogP contribution in [0.2, 0.25) is 0 Å². The Morgan fingerprint density at radius 1 is 1.23 bits per heavy atom. The first-order chi connectivity index (χ1) is 12.5. The molecule has 3 heterocycles. The molecule has 4 aromatic rings. The van der Waals surface area contributed by atoms with Gasteiger partial charge in [0, 0.05) is 4.88 Å². The third-order valence-corrected chi connectivity index (χ3v) is 5.37. The Hall–Kier alpha value is -2.93. The van der Waals surface area contributed by atoms with Crippen molar-refractivity contribution >= 4 is 33.0 Å². The van der Waals surface area contributed by atoms with E-state index in [0.29, 0.717) is 5.52 Å². The van der Waals surface area contributed by atoms with E-state index in [1.54, 1.807) is 22.1 Å². The summed E-state index contributed by atoms with van der Waals surface area (Å²) in [6.07, 6.45) is 1.60. The van der Waals surface area contributed by atoms with Crippen molar-refractivity contribution in [3.63, 3.8) is 0 Å². The van der Waals surface area contributed by atoms with Crippen molar-refractivity contribution in [2.75, 3.05) is 0 Å². The minimum absolute atomic E-state index is 0.107. The van der Waals surface area contributed by atoms with Crippen LogP contribution in [0.5, 0.6) is 0 Å². The third-order valence-electron chi connectivity index (χ3n) is 4.38. The summed E-state index contributed by atoms with van der Waals surface area (Å²) >= 11 is 1.64. The van der Waals surface area contributed by atoms with Gasteiger partial charge in [0.25, 0.3) is 5.56 Å². The minimum atomic E-state index is -0.268. The van der Waals surface area contributed by atoms with Gasteiger partial charge in [0.05, 0.1) is 16.3 Å². The van der Waals surface area contributed by atoms with E-state index >= 15 is 0 Å². The van der Waals surface area contributed by atoms with Gasteiger partial charge in [0.1, 0.15) is 18.4 Å². The Kier molecular flexibility index (Phi) is 4.08. The van der Waals surface area contributed by atoms with E-state index in [1.165, 1.54) is 9.56 Å². The molecule has 0 unspecified atom stereocenters. The quantitative estimate of drug-likeness (QED) is 0.604. The predicted octanol–water partition coefficient (Wildman–Crippen LogP) is 2.90. The summed E-state index contributed by atoms with van der Waals surface area (Å²) in [6.45, 7) is 3.84. The molecule has 0 aliphatic rings. The Morgan fingerprint density at radius 3 is 2.77 bits per heavy atom. The lowest BCUT2D eigenvalue weighted by molar-refractivity contribution is -0.122. The second-order valence-electron chi connectivity index (χ2n) is 6.30. The first-order valence-corrected chi connectivity index (χ1v) is 9.16. The van der Waals surface area contributed by atoms with E-state index in [1.807, 2.05) is 56.3 Å². The number of thiophene rings is 1. The third kappa shape index (κ3) is 2.90. The average Bonchev–Trinajstić information content (AvgIpc) is 3.14. The van der Waals surface area contributed by atoms with E-state index in [0.717, 1.165) is 15.8 Å². The van der Waals surface area contributed by atoms with E-state index in [9.17, 15) is 9.59 Å². The van der Waals surface area contributed by atoms with Gasteiger partial charge in [-0.2, -0.15) is 5.10 Å². The first-order valence-electron chi connectivity index (χ1n) is 8.34. The van der Waals surface area contributed by atoms with Crippen LogP contribution in [-0.4, -0.2) is 20.1 Å². The van der Waals surface area contributed by atoms with Gasteiger partial charge in [-0.15, -0.1) is 11.3 Å². The Bertz CT molecular complexity index is 1160. The van der Waals surface area contributed by atoms with Gasteiger partial charge in [-0.25, -0.2) is 4.68 Å². The van der Waals surface area contributed by atoms with Crippen molar-refractivity contribution < 1.29 is 4.79 Å². The molecule has 1 aromatic carbocycles. The fourth-order valence-electron chi connectivity index (χ4n) is 3.08. The standard InChI is InChI=1S/C19H18N4O2S/c1-12-8-15-17(26-12)9-16-19(25)23(20-11-22(15)16)10-18(24)21-13(2)14-6-4-3-5-7-14/h3-9,11,13H,10H2,1-2H3,(H,21,24)/t13-/m0/s1. The van der Waals surface area contributed by atoms with Crippen LogP contribution in [0.25, 0.3) is 15.7 Å². The number of fused-ring (bicyclic) bond motifs is 3. The predicted molar refractivity (Wildman–Crippen MR) is 103 cm³/mol. The molecule has 1 amide bonds. The number of hydrogen-bond donors (Lipinski definition) is 1. The number of aryl methyl sites for hydroxylation is 1. The summed E-state index contributed by atoms with van der Waals surface area (Å²) in [5.74, 6) is -0.246. The summed E-state index contributed by atoms with van der Waals surface area (Å²) in [4.78, 5) is 26.2. The van der Waals surface area contributed by atoms with Crippen LogP contribution >= 0.6 is 11.3 Å². The highest BCUT2D eigenvalue weighted by molar-refractivity contribution is 7.19. The van der Waals surface area contributed by atoms with Gasteiger partial charge in [0.2, 0.25) is 5.91 Å². The zero-order valence-corrected chi connectivity index (χ0v) is 15.3. The molecule has 0 bridgehead atoms. The van der Waals surface area contributed by atoms with Gasteiger partial charge in [-0.05, 0) is 31.5 Å². The Labute approximate surface area is 153 Å². The zero-order chi connectivity index (χ0) is 18.3. The maximum Gasteiger partial charge on any atom is 0.291 e. The van der Waals surface area contributed by atoms with Gasteiger partial charge in [-0.1, -0.05) is 30.3 Å². The maximum atomic E-state index is 12.7. The number of benzene rings is 1. The molecule has 26 heavy (non-hydrogen) atoms. The molecule has 3 aromatic heterocycles. The molecule has 0 fully saturated rings. The summed E-state index contributed by atoms with van der Waals surface area (Å²) in [7, 11) is 0. The molecule has 1 atom stereocenters. The smallest absolute Gasteiger partial charge is 0.291 e. The van der Waals surface area contributed by atoms with E-state index in [4.69, 9.17) is 0 Å². The lowest BCUT2D eigenvalue weighted by Gasteiger charge is -2.14. The highest BCUT2D eigenvalue weighted by Gasteiger charge is 2.14. The van der Waals surface area contributed by atoms with Gasteiger partial charge in [0.15, 0.2) is 0 Å². The second kappa shape index (κ2) is 6.42. The molecular weight excluding hydrogens is 348 g/mol. The number of rotatable bonds is 4. The van der Waals surface area contributed by atoms with Crippen molar-refractivity contribution in [3.05, 3.63) is 69.6 Å². The summed E-state index contributed by atoms with van der Waals surface area (Å²) in [6, 6.07) is 13.5. The first kappa shape index (κ1) is 16.5. The van der Waals surface area contributed by atoms with E-state index in [-0.39, 0.29) is 24.1 Å². The highest BCUT2D eigenvalue weighted by atomic mass is 32.1. The van der Waals surface area contributed by atoms with Crippen LogP contribution < -0.4 is 10.9 Å². The summed E-state index contributed by atoms with van der Waals surface area (Å²) < 4.78 is 4.03. The normalized spacial score (nSPS) is 12.5. The number of aromatic nitrogens is 3. The monoisotopic (exact) mass is 366 g/mol. The van der Waals surface area contributed by atoms with Crippen LogP contribution in [0.3, 0.4) is 0 Å². The van der Waals surface area contributed by atoms with Crippen LogP contribution in [-0.2, 0) is 11.3 Å². The Morgan fingerprint density at radius 2 is 2.00 bits per heavy atom. The molecule has 4 rings (SSSR count). The lowest BCUT2D eigenvalue weighted by atomic mass is 10.1. The molecule has 0 spiro atoms. The summed E-state index contributed by atoms with van der Waals surface area (Å²) in [5, 5.41) is 7.07. The average molecular weight is 366 g/mol. The molecule has 7 heteroatoms. The molecule has 1 N–H and O–H groups in total. The number of carbonyl (C=O) groups excluding carboxylic acids is 1. The second-order valence-corrected chi connectivity index (χ2v) is 7.59. The molecule has 6 nitrogen and oxygen atoms in total. The SMILES string of the molecule is Cc1cc2c(cc3c(=O)n(CC(=O)N[C@@H](C)c4ccccc4)ncn32)s1. The molecule has 0 aliphatic carbocycles. The van der Waals surface area contributed by atoms with Gasteiger partial charge in [-0.3, -0.25) is 14.0 Å². The fraction of sp³-hybridized carbons (Fsp3) is 0.211. The van der Waals surface area contributed by atoms with Crippen molar-refractivity contribution in [1.82, 2.24) is 19.5 Å². The van der Waals surface area contributed by atoms with Crippen LogP contribution in [0, 0.1) is 6.92 Å². The van der Waals surface area contributed by atoms with Crippen molar-refractivity contribution in [2.24, 2.45) is 0 Å². The topological polar surface area (TPSA) is 68.4 Å². The lowest BCUT2D eigenvalue weighted by Crippen LogP contribution is -2.35. The van der Waals surface area contributed by atoms with E-state index < -0.39 is 0 Å². The van der Waals surface area contributed by atoms with E-state index in [2.05, 4.69) is 10.4 Å². The minimum Gasteiger partial charge on any atom is -0.348 e. The fourth-order valence-corrected chi connectivity index (χ4v) is 4.03. The van der Waals surface area contributed by atoms with Gasteiger partial charge >= 0.3 is 0 Å². The number of carbonyl (C=O) groups is 1. The maximum absolute atomic E-state index is 12.7. The number of nitrogens with one attached hydrogen (secondary N) is 1. The van der Waals surface area contributed by atoms with Crippen molar-refractivity contribution in [3.8, 4) is 0 Å². The number of nitrogens with zero attached hydrogens (tertiary/aromatic N) is 3. The molecule has 132 valence electrons. The molecular formula is C19H18N4O2S. The molecule has 0 saturated carbocycles. The van der Waals surface area contributed by atoms with Gasteiger partial charge < -0.3 is 5.32 Å². The number of hydrogen-bond acceptors (Lipinski definition) is 4.